The summed E-state index contributed by atoms with van der Waals surface area (Å²) in [4.78, 5) is 49.7. The number of guanidine groups is 1. The molecular formula is C25H33ClN6O3S2. The summed E-state index contributed by atoms with van der Waals surface area (Å²) in [5.41, 5.74) is 11.9. The van der Waals surface area contributed by atoms with Gasteiger partial charge in [0.25, 0.3) is 0 Å². The minimum Gasteiger partial charge on any atom is -0.370 e. The first-order valence-electron chi connectivity index (χ1n) is 12.1. The zero-order valence-corrected chi connectivity index (χ0v) is 23.1. The number of nitrogens with zero attached hydrogens (tertiary/aromatic N) is 3. The largest absolute Gasteiger partial charge is 0.370 e. The van der Waals surface area contributed by atoms with Gasteiger partial charge in [0.2, 0.25) is 17.6 Å². The first-order chi connectivity index (χ1) is 17.3. The van der Waals surface area contributed by atoms with Gasteiger partial charge in [0.15, 0.2) is 11.0 Å². The van der Waals surface area contributed by atoms with Crippen LogP contribution in [0.5, 0.6) is 0 Å². The van der Waals surface area contributed by atoms with Crippen molar-refractivity contribution in [3.63, 3.8) is 0 Å². The Bertz CT molecular complexity index is 1110. The molecule has 4 rings (SSSR count). The van der Waals surface area contributed by atoms with Crippen molar-refractivity contribution >= 4 is 59.1 Å². The molecule has 2 aliphatic heterocycles. The highest BCUT2D eigenvalue weighted by atomic mass is 35.5. The summed E-state index contributed by atoms with van der Waals surface area (Å²) >= 11 is 2.87. The molecule has 0 radical (unpaired) electrons. The van der Waals surface area contributed by atoms with Crippen LogP contribution < -0.4 is 16.8 Å². The zero-order chi connectivity index (χ0) is 25.7. The number of fused-ring (bicyclic) bond motifs is 1. The van der Waals surface area contributed by atoms with E-state index in [2.05, 4.69) is 15.3 Å². The lowest BCUT2D eigenvalue weighted by Crippen LogP contribution is -2.59. The molecule has 12 heteroatoms. The molecule has 5 N–H and O–H groups in total. The highest BCUT2D eigenvalue weighted by molar-refractivity contribution is 8.00. The molecule has 2 fully saturated rings. The van der Waals surface area contributed by atoms with Gasteiger partial charge in [-0.25, -0.2) is 4.98 Å². The number of carbonyl (C=O) groups is 3. The van der Waals surface area contributed by atoms with Crippen molar-refractivity contribution in [2.75, 3.05) is 12.3 Å². The number of ketones is 1. The lowest BCUT2D eigenvalue weighted by atomic mass is 9.86. The van der Waals surface area contributed by atoms with Crippen LogP contribution in [0.1, 0.15) is 48.0 Å². The number of halogens is 1. The Hall–Kier alpha value is -2.63. The molecule has 0 bridgehead atoms. The van der Waals surface area contributed by atoms with Gasteiger partial charge in [-0.3, -0.25) is 19.4 Å². The van der Waals surface area contributed by atoms with Gasteiger partial charge >= 0.3 is 0 Å². The average Bonchev–Trinajstić information content (AvgIpc) is 3.52. The molecule has 2 saturated heterocycles. The molecule has 4 atom stereocenters. The molecule has 2 aliphatic rings. The number of hydrogen-bond acceptors (Lipinski definition) is 7. The van der Waals surface area contributed by atoms with E-state index in [1.165, 1.54) is 11.3 Å². The van der Waals surface area contributed by atoms with Gasteiger partial charge < -0.3 is 21.7 Å². The molecule has 37 heavy (non-hydrogen) atoms. The second-order valence-corrected chi connectivity index (χ2v) is 11.7. The van der Waals surface area contributed by atoms with Crippen LogP contribution in [0.3, 0.4) is 0 Å². The number of amides is 2. The SMILES string of the molecule is C[C@]12CC[C@@H](Cc3ccccc3)C(=O)N1[C@H](C(=O)NC(CCCN=C(N)N)C(=O)c1nccs1)CS2.Cl. The van der Waals surface area contributed by atoms with Crippen LogP contribution in [0.2, 0.25) is 0 Å². The minimum atomic E-state index is -0.769. The molecule has 2 amide bonds. The van der Waals surface area contributed by atoms with Gasteiger partial charge in [0, 0.05) is 29.8 Å². The maximum atomic E-state index is 13.6. The van der Waals surface area contributed by atoms with Gasteiger partial charge in [-0.05, 0) is 44.6 Å². The number of nitrogens with one attached hydrogen (secondary N) is 1. The lowest BCUT2D eigenvalue weighted by Gasteiger charge is -2.44. The average molecular weight is 565 g/mol. The third kappa shape index (κ3) is 6.82. The van der Waals surface area contributed by atoms with E-state index in [-0.39, 0.29) is 41.9 Å². The van der Waals surface area contributed by atoms with Gasteiger partial charge in [0.05, 0.1) is 10.9 Å². The number of aliphatic imine (C=N–C) groups is 1. The van der Waals surface area contributed by atoms with Crippen LogP contribution in [-0.4, -0.2) is 62.7 Å². The van der Waals surface area contributed by atoms with Crippen molar-refractivity contribution < 1.29 is 14.4 Å². The van der Waals surface area contributed by atoms with Gasteiger partial charge in [-0.1, -0.05) is 30.3 Å². The van der Waals surface area contributed by atoms with Crippen molar-refractivity contribution in [2.24, 2.45) is 22.4 Å². The number of Topliss-reactive ketones (excluding diaryl/α,β-unsaturated/α-hetero) is 1. The van der Waals surface area contributed by atoms with E-state index in [4.69, 9.17) is 11.5 Å². The highest BCUT2D eigenvalue weighted by Gasteiger charge is 2.53. The van der Waals surface area contributed by atoms with E-state index in [1.54, 1.807) is 28.2 Å². The Labute approximate surface area is 231 Å². The fourth-order valence-electron chi connectivity index (χ4n) is 4.89. The minimum absolute atomic E-state index is 0. The van der Waals surface area contributed by atoms with E-state index in [0.29, 0.717) is 36.6 Å². The monoisotopic (exact) mass is 564 g/mol. The third-order valence-electron chi connectivity index (χ3n) is 6.77. The molecule has 1 aromatic heterocycles. The first-order valence-corrected chi connectivity index (χ1v) is 14.0. The Morgan fingerprint density at radius 3 is 2.73 bits per heavy atom. The van der Waals surface area contributed by atoms with Crippen molar-refractivity contribution in [1.82, 2.24) is 15.2 Å². The summed E-state index contributed by atoms with van der Waals surface area (Å²) in [6, 6.07) is 8.57. The summed E-state index contributed by atoms with van der Waals surface area (Å²) < 4.78 is 0. The quantitative estimate of drug-likeness (QED) is 0.174. The van der Waals surface area contributed by atoms with Gasteiger partial charge in [0.1, 0.15) is 6.04 Å². The predicted octanol–water partition coefficient (Wildman–Crippen LogP) is 2.60. The Balaban J connectivity index is 0.00000380. The number of aromatic nitrogens is 1. The van der Waals surface area contributed by atoms with Crippen LogP contribution in [-0.2, 0) is 16.0 Å². The molecule has 3 heterocycles. The number of nitrogens with two attached hydrogens (primary N) is 2. The van der Waals surface area contributed by atoms with E-state index in [9.17, 15) is 14.4 Å². The highest BCUT2D eigenvalue weighted by Crippen LogP contribution is 2.47. The molecule has 1 aromatic carbocycles. The molecule has 2 aromatic rings. The number of rotatable bonds is 10. The molecule has 1 unspecified atom stereocenters. The van der Waals surface area contributed by atoms with E-state index in [1.807, 2.05) is 37.3 Å². The van der Waals surface area contributed by atoms with Gasteiger partial charge in [-0.15, -0.1) is 35.5 Å². The Morgan fingerprint density at radius 2 is 2.05 bits per heavy atom. The number of carbonyl (C=O) groups excluding carboxylic acids is 3. The molecule has 200 valence electrons. The lowest BCUT2D eigenvalue weighted by molar-refractivity contribution is -0.149. The number of thiazole rings is 1. The zero-order valence-electron chi connectivity index (χ0n) is 20.7. The standard InChI is InChI=1S/C25H32N6O3S2.ClH/c1-25-10-9-17(14-16-6-3-2-4-7-16)23(34)31(25)19(15-36-25)21(33)30-18(8-5-11-29-24(26)27)20(32)22-28-12-13-35-22;/h2-4,6-7,12-13,17-19H,5,8-11,14-15H2,1H3,(H,30,33)(H4,26,27,29);1H/t17-,18?,19-,25-;/m0./s1. The van der Waals surface area contributed by atoms with Crippen LogP contribution in [0.25, 0.3) is 0 Å². The maximum absolute atomic E-state index is 13.6. The summed E-state index contributed by atoms with van der Waals surface area (Å²) in [6.07, 6.45) is 4.71. The second kappa shape index (κ2) is 12.7. The summed E-state index contributed by atoms with van der Waals surface area (Å²) in [6.45, 7) is 2.39. The topological polar surface area (TPSA) is 144 Å². The van der Waals surface area contributed by atoms with Crippen molar-refractivity contribution in [3.05, 3.63) is 52.5 Å². The van der Waals surface area contributed by atoms with Crippen molar-refractivity contribution in [1.29, 1.82) is 0 Å². The summed E-state index contributed by atoms with van der Waals surface area (Å²) in [5, 5.41) is 4.99. The van der Waals surface area contributed by atoms with E-state index < -0.39 is 17.0 Å². The number of piperidine rings is 1. The third-order valence-corrected chi connectivity index (χ3v) is 9.06. The van der Waals surface area contributed by atoms with Crippen molar-refractivity contribution in [3.8, 4) is 0 Å². The fraction of sp³-hybridized carbons (Fsp3) is 0.480. The van der Waals surface area contributed by atoms with Crippen molar-refractivity contribution in [2.45, 2.75) is 56.0 Å². The predicted molar refractivity (Wildman–Crippen MR) is 150 cm³/mol. The maximum Gasteiger partial charge on any atom is 0.244 e. The Kier molecular flexibility index (Phi) is 9.97. The van der Waals surface area contributed by atoms with E-state index >= 15 is 0 Å². The smallest absolute Gasteiger partial charge is 0.244 e. The van der Waals surface area contributed by atoms with Crippen LogP contribution in [0.15, 0.2) is 46.9 Å². The number of benzene rings is 1. The molecule has 0 spiro atoms. The van der Waals surface area contributed by atoms with E-state index in [0.717, 1.165) is 18.4 Å². The number of hydrogen-bond donors (Lipinski definition) is 3. The molecule has 0 aliphatic carbocycles. The summed E-state index contributed by atoms with van der Waals surface area (Å²) in [5.74, 6) is -0.230. The second-order valence-electron chi connectivity index (χ2n) is 9.35. The Morgan fingerprint density at radius 1 is 1.30 bits per heavy atom. The van der Waals surface area contributed by atoms with Crippen LogP contribution in [0, 0.1) is 5.92 Å². The number of thioether (sulfide) groups is 1. The van der Waals surface area contributed by atoms with Crippen LogP contribution >= 0.6 is 35.5 Å². The normalized spacial score (nSPS) is 23.5. The summed E-state index contributed by atoms with van der Waals surface area (Å²) in [7, 11) is 0. The molecular weight excluding hydrogens is 532 g/mol. The molecule has 0 saturated carbocycles. The first kappa shape index (κ1) is 28.9. The van der Waals surface area contributed by atoms with Crippen LogP contribution in [0.4, 0.5) is 0 Å². The molecule has 9 nitrogen and oxygen atoms in total. The fourth-order valence-corrected chi connectivity index (χ4v) is 6.96. The van der Waals surface area contributed by atoms with Gasteiger partial charge in [-0.2, -0.15) is 0 Å².